The Hall–Kier alpha value is -2.97. The third-order valence-electron chi connectivity index (χ3n) is 6.28. The second-order valence-corrected chi connectivity index (χ2v) is 15.2. The molecule has 2 aromatic heterocycles. The van der Waals surface area contributed by atoms with Crippen LogP contribution in [-0.2, 0) is 41.8 Å². The summed E-state index contributed by atoms with van der Waals surface area (Å²) in [6.45, 7) is 31.7. The Bertz CT molecular complexity index is 1110. The highest BCUT2D eigenvalue weighted by atomic mass is 16.7. The molecule has 2 N–H and O–H groups in total. The molecule has 14 nitrogen and oxygen atoms in total. The molecule has 0 atom stereocenters. The lowest BCUT2D eigenvalue weighted by molar-refractivity contribution is -0.244. The molecule has 0 unspecified atom stereocenters. The third-order valence-corrected chi connectivity index (χ3v) is 6.28. The van der Waals surface area contributed by atoms with Gasteiger partial charge in [0.2, 0.25) is 0 Å². The molecule has 4 heterocycles. The maximum Gasteiger partial charge on any atom is 0.324 e. The number of morpholine rings is 1. The Morgan fingerprint density at radius 1 is 0.841 bits per heavy atom. The van der Waals surface area contributed by atoms with E-state index in [9.17, 15) is 9.59 Å². The van der Waals surface area contributed by atoms with Crippen molar-refractivity contribution in [3.63, 3.8) is 0 Å². The summed E-state index contributed by atoms with van der Waals surface area (Å²) in [5.74, 6) is -2.17. The molecule has 0 aliphatic carbocycles. The summed E-state index contributed by atoms with van der Waals surface area (Å²) >= 11 is 0. The van der Waals surface area contributed by atoms with Crippen LogP contribution in [0.5, 0.6) is 0 Å². The summed E-state index contributed by atoms with van der Waals surface area (Å²) in [6, 6.07) is 0. The van der Waals surface area contributed by atoms with E-state index in [1.165, 1.54) is 4.80 Å². The van der Waals surface area contributed by atoms with E-state index in [0.29, 0.717) is 5.54 Å². The highest BCUT2D eigenvalue weighted by molar-refractivity contribution is 5.97. The number of esters is 2. The summed E-state index contributed by atoms with van der Waals surface area (Å²) in [7, 11) is 1.77. The van der Waals surface area contributed by atoms with E-state index < -0.39 is 29.1 Å². The second-order valence-electron chi connectivity index (χ2n) is 15.2. The van der Waals surface area contributed by atoms with Gasteiger partial charge >= 0.3 is 11.9 Å². The van der Waals surface area contributed by atoms with E-state index in [-0.39, 0.29) is 16.4 Å². The van der Waals surface area contributed by atoms with E-state index in [2.05, 4.69) is 92.7 Å². The first kappa shape index (κ1) is 41.0. The monoisotopic (exact) mass is 626 g/mol. The lowest BCUT2D eigenvalue weighted by Gasteiger charge is -2.38. The predicted octanol–water partition coefficient (Wildman–Crippen LogP) is 3.32. The molecular weight excluding hydrogens is 568 g/mol. The van der Waals surface area contributed by atoms with E-state index in [1.54, 1.807) is 54.3 Å². The second kappa shape index (κ2) is 15.8. The average molecular weight is 627 g/mol. The van der Waals surface area contributed by atoms with Gasteiger partial charge in [0, 0.05) is 37.9 Å². The van der Waals surface area contributed by atoms with Crippen molar-refractivity contribution in [2.24, 2.45) is 18.4 Å². The van der Waals surface area contributed by atoms with Crippen molar-refractivity contribution in [2.75, 3.05) is 26.3 Å². The molecular formula is C30H58N8O6. The molecule has 4 rings (SSSR count). The Labute approximate surface area is 263 Å². The number of nitrogens with zero attached hydrogens (tertiary/aromatic N) is 8. The van der Waals surface area contributed by atoms with Crippen LogP contribution in [0, 0.1) is 11.3 Å². The maximum atomic E-state index is 11.5. The van der Waals surface area contributed by atoms with Crippen LogP contribution in [0.1, 0.15) is 103 Å². The number of aromatic nitrogens is 7. The first-order valence-electron chi connectivity index (χ1n) is 14.7. The number of tetrazole rings is 1. The smallest absolute Gasteiger partial charge is 0.324 e. The van der Waals surface area contributed by atoms with Gasteiger partial charge in [0.05, 0.1) is 25.8 Å². The SMILES string of the molecule is CC(C)(C)N1CCOCC1.CC(C)(C)n1cncn1.CC1(C)OC(=O)C(C(C)(C)C)C(=O)O1.Cn1nnc(C(C)(C)C)n1.O. The molecule has 2 saturated heterocycles. The standard InChI is InChI=1S/C10H16O4.C8H17NO.C6H12N4.C6H11N3.H2O/c1-9(2,3)6-7(11)13-10(4,5)14-8(6)12;1-8(2,3)9-4-6-10-7-5-9;1-6(2,3)5-7-9-10(4)8-5;1-6(2,3)9-5-7-4-8-9;/h6H,1-5H3;4-7H2,1-3H3;1-4H3;4-5H,1-3H3;1H2. The summed E-state index contributed by atoms with van der Waals surface area (Å²) in [5, 5.41) is 15.7. The molecule has 0 radical (unpaired) electrons. The molecule has 0 aromatic carbocycles. The van der Waals surface area contributed by atoms with Crippen LogP contribution in [0.3, 0.4) is 0 Å². The van der Waals surface area contributed by atoms with Gasteiger partial charge in [-0.3, -0.25) is 14.5 Å². The minimum absolute atomic E-state index is 0. The normalized spacial score (nSPS) is 17.7. The number of hydrogen-bond acceptors (Lipinski definition) is 11. The number of rotatable bonds is 0. The van der Waals surface area contributed by atoms with Crippen LogP contribution in [0.4, 0.5) is 0 Å². The first-order valence-corrected chi connectivity index (χ1v) is 14.7. The molecule has 0 saturated carbocycles. The molecule has 44 heavy (non-hydrogen) atoms. The van der Waals surface area contributed by atoms with Gasteiger partial charge in [-0.05, 0) is 52.2 Å². The lowest BCUT2D eigenvalue weighted by atomic mass is 9.80. The van der Waals surface area contributed by atoms with Crippen LogP contribution in [0.25, 0.3) is 0 Å². The molecule has 0 amide bonds. The Balaban J connectivity index is 0.000000564. The van der Waals surface area contributed by atoms with Crippen molar-refractivity contribution in [1.29, 1.82) is 0 Å². The quantitative estimate of drug-likeness (QED) is 0.310. The average Bonchev–Trinajstić information content (AvgIpc) is 3.50. The first-order chi connectivity index (χ1) is 19.3. The molecule has 0 spiro atoms. The molecule has 0 bridgehead atoms. The third kappa shape index (κ3) is 14.2. The zero-order chi connectivity index (χ0) is 33.4. The number of carbonyl (C=O) groups is 2. The minimum Gasteiger partial charge on any atom is -0.422 e. The highest BCUT2D eigenvalue weighted by Crippen LogP contribution is 2.34. The number of cyclic esters (lactones) is 2. The van der Waals surface area contributed by atoms with Crippen LogP contribution < -0.4 is 0 Å². The minimum atomic E-state index is -1.13. The fourth-order valence-electron chi connectivity index (χ4n) is 3.80. The van der Waals surface area contributed by atoms with Crippen molar-refractivity contribution in [3.05, 3.63) is 18.5 Å². The van der Waals surface area contributed by atoms with Gasteiger partial charge in [-0.25, -0.2) is 9.67 Å². The van der Waals surface area contributed by atoms with Crippen molar-refractivity contribution in [3.8, 4) is 0 Å². The van der Waals surface area contributed by atoms with Gasteiger partial charge in [-0.2, -0.15) is 9.90 Å². The van der Waals surface area contributed by atoms with Crippen molar-refractivity contribution >= 4 is 11.9 Å². The van der Waals surface area contributed by atoms with Crippen LogP contribution in [-0.4, -0.2) is 94.9 Å². The number of hydrogen-bond donors (Lipinski definition) is 0. The Kier molecular flexibility index (Phi) is 14.8. The summed E-state index contributed by atoms with van der Waals surface area (Å²) in [6.07, 6.45) is 3.27. The zero-order valence-corrected chi connectivity index (χ0v) is 29.7. The molecule has 2 aliphatic heterocycles. The van der Waals surface area contributed by atoms with Crippen molar-refractivity contribution in [1.82, 2.24) is 39.9 Å². The van der Waals surface area contributed by atoms with Crippen molar-refractivity contribution in [2.45, 2.75) is 119 Å². The van der Waals surface area contributed by atoms with E-state index in [4.69, 9.17) is 14.2 Å². The molecule has 254 valence electrons. The summed E-state index contributed by atoms with van der Waals surface area (Å²) < 4.78 is 17.1. The van der Waals surface area contributed by atoms with Gasteiger partial charge < -0.3 is 19.7 Å². The Morgan fingerprint density at radius 3 is 1.59 bits per heavy atom. The van der Waals surface area contributed by atoms with E-state index in [0.717, 1.165) is 32.1 Å². The maximum absolute atomic E-state index is 11.5. The molecule has 14 heteroatoms. The van der Waals surface area contributed by atoms with Gasteiger partial charge in [0.25, 0.3) is 5.79 Å². The van der Waals surface area contributed by atoms with Gasteiger partial charge in [-0.15, -0.1) is 10.2 Å². The summed E-state index contributed by atoms with van der Waals surface area (Å²) in [4.78, 5) is 30.9. The highest BCUT2D eigenvalue weighted by Gasteiger charge is 2.48. The van der Waals surface area contributed by atoms with Gasteiger partial charge in [0.15, 0.2) is 11.7 Å². The Morgan fingerprint density at radius 2 is 1.34 bits per heavy atom. The molecule has 2 fully saturated rings. The van der Waals surface area contributed by atoms with Gasteiger partial charge in [-0.1, -0.05) is 41.5 Å². The largest absolute Gasteiger partial charge is 0.422 e. The van der Waals surface area contributed by atoms with Crippen LogP contribution in [0.15, 0.2) is 12.7 Å². The fourth-order valence-corrected chi connectivity index (χ4v) is 3.80. The molecule has 2 aliphatic rings. The predicted molar refractivity (Wildman–Crippen MR) is 167 cm³/mol. The zero-order valence-electron chi connectivity index (χ0n) is 29.7. The van der Waals surface area contributed by atoms with E-state index in [1.807, 2.05) is 4.68 Å². The van der Waals surface area contributed by atoms with E-state index >= 15 is 0 Å². The van der Waals surface area contributed by atoms with Crippen LogP contribution in [0.2, 0.25) is 0 Å². The van der Waals surface area contributed by atoms with Gasteiger partial charge in [0.1, 0.15) is 12.7 Å². The van der Waals surface area contributed by atoms with Crippen molar-refractivity contribution < 1.29 is 29.3 Å². The summed E-state index contributed by atoms with van der Waals surface area (Å²) in [5.41, 5.74) is -0.0702. The number of aryl methyl sites for hydroxylation is 1. The fraction of sp³-hybridized carbons (Fsp3) is 0.833. The number of carbonyl (C=O) groups excluding carboxylic acids is 2. The van der Waals surface area contributed by atoms with Crippen LogP contribution >= 0.6 is 0 Å². The number of ether oxygens (including phenoxy) is 3. The topological polar surface area (TPSA) is 171 Å². The lowest BCUT2D eigenvalue weighted by Crippen LogP contribution is -2.50. The molecule has 2 aromatic rings.